The van der Waals surface area contributed by atoms with E-state index in [-0.39, 0.29) is 24.0 Å². The Morgan fingerprint density at radius 1 is 0.871 bits per heavy atom. The number of methoxy groups -OCH3 is 3. The van der Waals surface area contributed by atoms with Crippen molar-refractivity contribution < 1.29 is 18.9 Å². The molecule has 0 unspecified atom stereocenters. The van der Waals surface area contributed by atoms with E-state index in [1.807, 2.05) is 18.2 Å². The first-order valence-electron chi connectivity index (χ1n) is 9.98. The fourth-order valence-corrected chi connectivity index (χ4v) is 2.90. The molecule has 2 N–H and O–H groups in total. The van der Waals surface area contributed by atoms with Gasteiger partial charge in [-0.15, -0.1) is 24.0 Å². The average Bonchev–Trinajstić information content (AvgIpc) is 2.77. The summed E-state index contributed by atoms with van der Waals surface area (Å²) in [5, 5.41) is 6.67. The summed E-state index contributed by atoms with van der Waals surface area (Å²) in [5.74, 6) is 3.10. The van der Waals surface area contributed by atoms with Crippen molar-refractivity contribution in [3.63, 3.8) is 0 Å². The number of ether oxygens (including phenoxy) is 4. The summed E-state index contributed by atoms with van der Waals surface area (Å²) in [5.41, 5.74) is 3.25. The van der Waals surface area contributed by atoms with Gasteiger partial charge in [0.1, 0.15) is 17.2 Å². The van der Waals surface area contributed by atoms with Crippen LogP contribution in [0.2, 0.25) is 0 Å². The second kappa shape index (κ2) is 14.7. The molecule has 0 saturated carbocycles. The summed E-state index contributed by atoms with van der Waals surface area (Å²) in [6, 6.07) is 12.0. The fourth-order valence-electron chi connectivity index (χ4n) is 2.90. The van der Waals surface area contributed by atoms with E-state index in [0.29, 0.717) is 32.3 Å². The molecule has 2 aromatic rings. The van der Waals surface area contributed by atoms with E-state index < -0.39 is 0 Å². The number of aliphatic imine (C=N–C) groups is 1. The van der Waals surface area contributed by atoms with Crippen molar-refractivity contribution in [2.45, 2.75) is 26.4 Å². The van der Waals surface area contributed by atoms with Gasteiger partial charge in [0.2, 0.25) is 0 Å². The van der Waals surface area contributed by atoms with Gasteiger partial charge in [0.05, 0.1) is 20.8 Å². The van der Waals surface area contributed by atoms with Gasteiger partial charge in [-0.1, -0.05) is 12.1 Å². The lowest BCUT2D eigenvalue weighted by atomic mass is 10.1. The van der Waals surface area contributed by atoms with Crippen LogP contribution in [0.1, 0.15) is 23.1 Å². The number of nitrogens with zero attached hydrogens (tertiary/aromatic N) is 1. The number of hydrogen-bond donors (Lipinski definition) is 2. The van der Waals surface area contributed by atoms with Gasteiger partial charge in [0.25, 0.3) is 0 Å². The molecule has 0 radical (unpaired) electrons. The SMILES string of the molecule is CN=C(NCc1ccc(OC)cc1OC)NCc1ccc(C)cc1OCCCOC.I. The fraction of sp³-hybridized carbons (Fsp3) is 0.435. The van der Waals surface area contributed by atoms with E-state index in [1.54, 1.807) is 28.4 Å². The van der Waals surface area contributed by atoms with Crippen LogP contribution in [0.25, 0.3) is 0 Å². The second-order valence-electron chi connectivity index (χ2n) is 6.76. The molecule has 8 heteroatoms. The highest BCUT2D eigenvalue weighted by Crippen LogP contribution is 2.24. The topological polar surface area (TPSA) is 73.3 Å². The Morgan fingerprint density at radius 2 is 1.55 bits per heavy atom. The van der Waals surface area contributed by atoms with Gasteiger partial charge in [0.15, 0.2) is 5.96 Å². The van der Waals surface area contributed by atoms with Gasteiger partial charge in [0, 0.05) is 57.5 Å². The standard InChI is InChI=1S/C23H33N3O4.HI/c1-17-7-8-19(22(13-17)30-12-6-11-27-3)16-26-23(24-2)25-15-18-9-10-20(28-4)14-21(18)29-5;/h7-10,13-14H,6,11-12,15-16H2,1-5H3,(H2,24,25,26);1H. The van der Waals surface area contributed by atoms with Crippen LogP contribution in [0.4, 0.5) is 0 Å². The molecule has 0 atom stereocenters. The van der Waals surface area contributed by atoms with E-state index in [4.69, 9.17) is 18.9 Å². The van der Waals surface area contributed by atoms with Crippen LogP contribution in [-0.2, 0) is 17.8 Å². The molecular weight excluding hydrogens is 509 g/mol. The minimum Gasteiger partial charge on any atom is -0.497 e. The highest BCUT2D eigenvalue weighted by Gasteiger charge is 2.08. The number of aryl methyl sites for hydroxylation is 1. The monoisotopic (exact) mass is 543 g/mol. The van der Waals surface area contributed by atoms with E-state index in [9.17, 15) is 0 Å². The Hall–Kier alpha value is -2.20. The maximum absolute atomic E-state index is 5.96. The number of halogens is 1. The maximum Gasteiger partial charge on any atom is 0.191 e. The summed E-state index contributed by atoms with van der Waals surface area (Å²) >= 11 is 0. The molecule has 0 bridgehead atoms. The molecule has 0 aromatic heterocycles. The third-order valence-corrected chi connectivity index (χ3v) is 4.58. The van der Waals surface area contributed by atoms with Crippen LogP contribution < -0.4 is 24.8 Å². The molecule has 2 aromatic carbocycles. The van der Waals surface area contributed by atoms with Crippen molar-refractivity contribution in [2.24, 2.45) is 4.99 Å². The minimum atomic E-state index is 0. The number of guanidine groups is 1. The molecule has 2 rings (SSSR count). The van der Waals surface area contributed by atoms with E-state index >= 15 is 0 Å². The van der Waals surface area contributed by atoms with Crippen molar-refractivity contribution in [3.8, 4) is 17.2 Å². The lowest BCUT2D eigenvalue weighted by Crippen LogP contribution is -2.36. The third-order valence-electron chi connectivity index (χ3n) is 4.58. The Bertz CT molecular complexity index is 830. The lowest BCUT2D eigenvalue weighted by molar-refractivity contribution is 0.171. The zero-order valence-corrected chi connectivity index (χ0v) is 21.3. The van der Waals surface area contributed by atoms with Gasteiger partial charge in [-0.3, -0.25) is 4.99 Å². The molecule has 0 aliphatic carbocycles. The molecule has 0 fully saturated rings. The van der Waals surface area contributed by atoms with Crippen molar-refractivity contribution in [1.29, 1.82) is 0 Å². The first-order chi connectivity index (χ1) is 14.6. The normalized spacial score (nSPS) is 10.8. The molecule has 0 amide bonds. The smallest absolute Gasteiger partial charge is 0.191 e. The van der Waals surface area contributed by atoms with Crippen molar-refractivity contribution in [1.82, 2.24) is 10.6 Å². The third kappa shape index (κ3) is 8.82. The van der Waals surface area contributed by atoms with Crippen LogP contribution in [0.15, 0.2) is 41.4 Å². The Balaban J connectivity index is 0.00000480. The van der Waals surface area contributed by atoms with E-state index in [0.717, 1.165) is 40.4 Å². The Kier molecular flexibility index (Phi) is 12.8. The zero-order chi connectivity index (χ0) is 21.8. The molecule has 0 saturated heterocycles. The van der Waals surface area contributed by atoms with Crippen molar-refractivity contribution >= 4 is 29.9 Å². The average molecular weight is 543 g/mol. The maximum atomic E-state index is 5.96. The van der Waals surface area contributed by atoms with Crippen LogP contribution in [0.5, 0.6) is 17.2 Å². The molecule has 0 heterocycles. The highest BCUT2D eigenvalue weighted by atomic mass is 127. The molecule has 0 aliphatic rings. The van der Waals surface area contributed by atoms with Gasteiger partial charge < -0.3 is 29.6 Å². The lowest BCUT2D eigenvalue weighted by Gasteiger charge is -2.16. The van der Waals surface area contributed by atoms with Gasteiger partial charge in [-0.2, -0.15) is 0 Å². The molecule has 7 nitrogen and oxygen atoms in total. The minimum absolute atomic E-state index is 0. The first-order valence-corrected chi connectivity index (χ1v) is 9.98. The number of hydrogen-bond acceptors (Lipinski definition) is 5. The summed E-state index contributed by atoms with van der Waals surface area (Å²) in [6.07, 6.45) is 0.851. The Labute approximate surface area is 202 Å². The summed E-state index contributed by atoms with van der Waals surface area (Å²) in [6.45, 7) is 4.53. The first kappa shape index (κ1) is 26.8. The van der Waals surface area contributed by atoms with E-state index in [2.05, 4.69) is 40.7 Å². The molecule has 0 spiro atoms. The predicted molar refractivity (Wildman–Crippen MR) is 135 cm³/mol. The van der Waals surface area contributed by atoms with Gasteiger partial charge in [-0.05, 0) is 30.7 Å². The number of nitrogens with one attached hydrogen (secondary N) is 2. The number of benzene rings is 2. The van der Waals surface area contributed by atoms with Crippen molar-refractivity contribution in [3.05, 3.63) is 53.1 Å². The molecule has 31 heavy (non-hydrogen) atoms. The summed E-state index contributed by atoms with van der Waals surface area (Å²) in [7, 11) is 6.73. The van der Waals surface area contributed by atoms with Gasteiger partial charge in [-0.25, -0.2) is 0 Å². The van der Waals surface area contributed by atoms with Crippen LogP contribution in [0.3, 0.4) is 0 Å². The summed E-state index contributed by atoms with van der Waals surface area (Å²) < 4.78 is 21.8. The second-order valence-corrected chi connectivity index (χ2v) is 6.76. The van der Waals surface area contributed by atoms with Crippen LogP contribution >= 0.6 is 24.0 Å². The quantitative estimate of drug-likeness (QED) is 0.194. The molecule has 0 aliphatic heterocycles. The zero-order valence-electron chi connectivity index (χ0n) is 19.0. The van der Waals surface area contributed by atoms with Gasteiger partial charge >= 0.3 is 0 Å². The predicted octanol–water partition coefficient (Wildman–Crippen LogP) is 3.91. The van der Waals surface area contributed by atoms with E-state index in [1.165, 1.54) is 0 Å². The van der Waals surface area contributed by atoms with Crippen molar-refractivity contribution in [2.75, 3.05) is 41.6 Å². The highest BCUT2D eigenvalue weighted by molar-refractivity contribution is 14.0. The Morgan fingerprint density at radius 3 is 2.16 bits per heavy atom. The summed E-state index contributed by atoms with van der Waals surface area (Å²) in [4.78, 5) is 4.31. The largest absolute Gasteiger partial charge is 0.497 e. The van der Waals surface area contributed by atoms with Crippen LogP contribution in [-0.4, -0.2) is 47.6 Å². The number of rotatable bonds is 11. The molecule has 172 valence electrons. The molecular formula is C23H34IN3O4. The van der Waals surface area contributed by atoms with Crippen LogP contribution in [0, 0.1) is 6.92 Å².